The van der Waals surface area contributed by atoms with Crippen molar-refractivity contribution in [2.24, 2.45) is 12.0 Å². The zero-order valence-corrected chi connectivity index (χ0v) is 18.3. The summed E-state index contributed by atoms with van der Waals surface area (Å²) in [6.07, 6.45) is 4.57. The quantitative estimate of drug-likeness (QED) is 0.193. The van der Waals surface area contributed by atoms with Gasteiger partial charge in [-0.2, -0.15) is 5.10 Å². The highest BCUT2D eigenvalue weighted by atomic mass is 127. The maximum Gasteiger partial charge on any atom is 0.305 e. The molecule has 1 rings (SSSR count). The van der Waals surface area contributed by atoms with Crippen molar-refractivity contribution < 1.29 is 9.53 Å². The number of nitrogens with one attached hydrogen (secondary N) is 2. The van der Waals surface area contributed by atoms with E-state index in [0.29, 0.717) is 13.0 Å². The molecule has 7 nitrogen and oxygen atoms in total. The molecule has 0 aliphatic heterocycles. The van der Waals surface area contributed by atoms with Crippen LogP contribution in [0.3, 0.4) is 0 Å². The monoisotopic (exact) mass is 465 g/mol. The first-order chi connectivity index (χ1) is 11.5. The summed E-state index contributed by atoms with van der Waals surface area (Å²) in [7, 11) is 5.16. The summed E-state index contributed by atoms with van der Waals surface area (Å²) in [4.78, 5) is 15.2. The average molecular weight is 465 g/mol. The number of ether oxygens (including phenoxy) is 1. The Hall–Kier alpha value is -1.32. The fourth-order valence-electron chi connectivity index (χ4n) is 2.52. The van der Waals surface area contributed by atoms with E-state index in [2.05, 4.69) is 32.4 Å². The zero-order chi connectivity index (χ0) is 17.9. The molecular weight excluding hydrogens is 433 g/mol. The van der Waals surface area contributed by atoms with E-state index in [-0.39, 0.29) is 29.9 Å². The Morgan fingerprint density at radius 2 is 1.88 bits per heavy atom. The molecule has 0 spiro atoms. The second kappa shape index (κ2) is 13.0. The van der Waals surface area contributed by atoms with Gasteiger partial charge in [0, 0.05) is 44.9 Å². The maximum atomic E-state index is 11.0. The third-order valence-corrected chi connectivity index (χ3v) is 4.14. The van der Waals surface area contributed by atoms with E-state index in [9.17, 15) is 4.79 Å². The predicted octanol–water partition coefficient (Wildman–Crippen LogP) is 2.44. The molecule has 0 saturated heterocycles. The van der Waals surface area contributed by atoms with Crippen LogP contribution in [-0.4, -0.2) is 42.4 Å². The van der Waals surface area contributed by atoms with Crippen LogP contribution in [0.25, 0.3) is 0 Å². The van der Waals surface area contributed by atoms with Crippen LogP contribution in [0, 0.1) is 13.8 Å². The normalized spacial score (nSPS) is 11.0. The van der Waals surface area contributed by atoms with Crippen LogP contribution in [0.1, 0.15) is 49.1 Å². The molecule has 0 amide bonds. The molecule has 8 heteroatoms. The van der Waals surface area contributed by atoms with E-state index in [1.807, 2.05) is 18.7 Å². The number of nitrogens with zero attached hydrogens (tertiary/aromatic N) is 3. The van der Waals surface area contributed by atoms with Crippen LogP contribution in [0.2, 0.25) is 0 Å². The fourth-order valence-corrected chi connectivity index (χ4v) is 2.52. The molecule has 0 bridgehead atoms. The Labute approximate surface area is 168 Å². The molecule has 0 unspecified atom stereocenters. The number of methoxy groups -OCH3 is 1. The number of guanidine groups is 1. The van der Waals surface area contributed by atoms with Crippen molar-refractivity contribution in [3.05, 3.63) is 17.0 Å². The van der Waals surface area contributed by atoms with Crippen molar-refractivity contribution in [3.8, 4) is 0 Å². The Balaban J connectivity index is 0.00000576. The molecule has 144 valence electrons. The molecule has 2 N–H and O–H groups in total. The summed E-state index contributed by atoms with van der Waals surface area (Å²) in [5.74, 6) is 0.672. The van der Waals surface area contributed by atoms with Crippen molar-refractivity contribution in [1.29, 1.82) is 0 Å². The first-order valence-corrected chi connectivity index (χ1v) is 8.50. The molecule has 0 aliphatic carbocycles. The zero-order valence-electron chi connectivity index (χ0n) is 16.0. The number of carbonyl (C=O) groups excluding carboxylic acids is 1. The number of hydrogen-bond acceptors (Lipinski definition) is 4. The van der Waals surface area contributed by atoms with E-state index in [1.54, 1.807) is 7.05 Å². The van der Waals surface area contributed by atoms with E-state index in [1.165, 1.54) is 18.4 Å². The highest BCUT2D eigenvalue weighted by molar-refractivity contribution is 14.0. The molecule has 0 saturated carbocycles. The van der Waals surface area contributed by atoms with Crippen LogP contribution in [0.4, 0.5) is 0 Å². The van der Waals surface area contributed by atoms with Gasteiger partial charge in [-0.15, -0.1) is 24.0 Å². The number of unbranched alkanes of at least 4 members (excludes halogenated alkanes) is 3. The van der Waals surface area contributed by atoms with Gasteiger partial charge in [-0.25, -0.2) is 0 Å². The lowest BCUT2D eigenvalue weighted by Gasteiger charge is -2.12. The number of carbonyl (C=O) groups is 1. The molecule has 1 aromatic rings. The molecule has 25 heavy (non-hydrogen) atoms. The second-order valence-electron chi connectivity index (χ2n) is 5.87. The van der Waals surface area contributed by atoms with E-state index < -0.39 is 0 Å². The number of esters is 1. The van der Waals surface area contributed by atoms with Crippen molar-refractivity contribution in [2.75, 3.05) is 20.7 Å². The van der Waals surface area contributed by atoms with Gasteiger partial charge in [-0.3, -0.25) is 14.5 Å². The van der Waals surface area contributed by atoms with Crippen molar-refractivity contribution >= 4 is 35.9 Å². The van der Waals surface area contributed by atoms with Crippen LogP contribution < -0.4 is 10.6 Å². The Morgan fingerprint density at radius 3 is 2.44 bits per heavy atom. The van der Waals surface area contributed by atoms with Crippen LogP contribution in [0.15, 0.2) is 4.99 Å². The molecule has 0 fully saturated rings. The summed E-state index contributed by atoms with van der Waals surface area (Å²) in [5, 5.41) is 11.1. The molecule has 0 aliphatic rings. The lowest BCUT2D eigenvalue weighted by Crippen LogP contribution is -2.37. The van der Waals surface area contributed by atoms with E-state index >= 15 is 0 Å². The summed E-state index contributed by atoms with van der Waals surface area (Å²) >= 11 is 0. The molecule has 0 atom stereocenters. The molecule has 1 aromatic heterocycles. The summed E-state index contributed by atoms with van der Waals surface area (Å²) in [6, 6.07) is 0. The van der Waals surface area contributed by atoms with Gasteiger partial charge in [0.15, 0.2) is 5.96 Å². The second-order valence-corrected chi connectivity index (χ2v) is 5.87. The number of hydrogen-bond donors (Lipinski definition) is 2. The third-order valence-electron chi connectivity index (χ3n) is 4.14. The smallest absolute Gasteiger partial charge is 0.305 e. The number of aromatic nitrogens is 2. The van der Waals surface area contributed by atoms with Crippen molar-refractivity contribution in [3.63, 3.8) is 0 Å². The van der Waals surface area contributed by atoms with E-state index in [4.69, 9.17) is 0 Å². The van der Waals surface area contributed by atoms with Gasteiger partial charge in [-0.1, -0.05) is 12.8 Å². The number of halogens is 1. The molecule has 0 aromatic carbocycles. The molecule has 0 radical (unpaired) electrons. The largest absolute Gasteiger partial charge is 0.469 e. The number of aryl methyl sites for hydroxylation is 2. The number of rotatable bonds is 9. The van der Waals surface area contributed by atoms with Crippen LogP contribution >= 0.6 is 24.0 Å². The SMILES string of the molecule is CN=C(NCCCCCCC(=O)OC)NCc1c(C)nn(C)c1C.I. The first kappa shape index (κ1) is 23.7. The van der Waals surface area contributed by atoms with Gasteiger partial charge < -0.3 is 15.4 Å². The summed E-state index contributed by atoms with van der Waals surface area (Å²) < 4.78 is 6.52. The fraction of sp³-hybridized carbons (Fsp3) is 0.706. The third kappa shape index (κ3) is 8.55. The lowest BCUT2D eigenvalue weighted by atomic mass is 10.1. The van der Waals surface area contributed by atoms with Crippen LogP contribution in [-0.2, 0) is 23.1 Å². The predicted molar refractivity (Wildman–Crippen MR) is 111 cm³/mol. The Morgan fingerprint density at radius 1 is 1.20 bits per heavy atom. The van der Waals surface area contributed by atoms with Gasteiger partial charge in [0.05, 0.1) is 12.8 Å². The topological polar surface area (TPSA) is 80.5 Å². The molecular formula is C17H32IN5O2. The minimum atomic E-state index is -0.126. The van der Waals surface area contributed by atoms with Gasteiger partial charge >= 0.3 is 5.97 Å². The summed E-state index contributed by atoms with van der Waals surface area (Å²) in [6.45, 7) is 5.67. The Bertz CT molecular complexity index is 557. The van der Waals surface area contributed by atoms with Crippen molar-refractivity contribution in [2.45, 2.75) is 52.5 Å². The van der Waals surface area contributed by atoms with Gasteiger partial charge in [-0.05, 0) is 26.7 Å². The maximum absolute atomic E-state index is 11.0. The number of aliphatic imine (C=N–C) groups is 1. The highest BCUT2D eigenvalue weighted by Crippen LogP contribution is 2.11. The lowest BCUT2D eigenvalue weighted by molar-refractivity contribution is -0.140. The average Bonchev–Trinajstić information content (AvgIpc) is 2.81. The minimum absolute atomic E-state index is 0. The van der Waals surface area contributed by atoms with Crippen LogP contribution in [0.5, 0.6) is 0 Å². The Kier molecular flexibility index (Phi) is 12.3. The minimum Gasteiger partial charge on any atom is -0.469 e. The van der Waals surface area contributed by atoms with Crippen molar-refractivity contribution in [1.82, 2.24) is 20.4 Å². The van der Waals surface area contributed by atoms with E-state index in [0.717, 1.165) is 43.9 Å². The summed E-state index contributed by atoms with van der Waals surface area (Å²) in [5.41, 5.74) is 3.42. The van der Waals surface area contributed by atoms with Gasteiger partial charge in [0.2, 0.25) is 0 Å². The first-order valence-electron chi connectivity index (χ1n) is 8.50. The standard InChI is InChI=1S/C17H31N5O2.HI/c1-13-15(14(2)22(4)21-13)12-20-17(18-3)19-11-9-7-6-8-10-16(23)24-5;/h6-12H2,1-5H3,(H2,18,19,20);1H. The highest BCUT2D eigenvalue weighted by Gasteiger charge is 2.09. The van der Waals surface area contributed by atoms with Gasteiger partial charge in [0.25, 0.3) is 0 Å². The van der Waals surface area contributed by atoms with Gasteiger partial charge in [0.1, 0.15) is 0 Å². The molecule has 1 heterocycles.